The molecule has 28 heavy (non-hydrogen) atoms. The second-order valence-electron chi connectivity index (χ2n) is 6.50. The number of amides is 1. The van der Waals surface area contributed by atoms with Gasteiger partial charge in [0.15, 0.2) is 6.04 Å². The molecule has 1 aromatic carbocycles. The van der Waals surface area contributed by atoms with E-state index in [1.54, 1.807) is 29.1 Å². The van der Waals surface area contributed by atoms with Gasteiger partial charge in [-0.2, -0.15) is 0 Å². The molecule has 3 aromatic heterocycles. The number of nitrogens with two attached hydrogens (primary N) is 1. The Kier molecular flexibility index (Phi) is 4.52. The molecule has 142 valence electrons. The van der Waals surface area contributed by atoms with E-state index in [1.165, 1.54) is 23.5 Å². The van der Waals surface area contributed by atoms with Crippen LogP contribution in [0, 0.1) is 5.82 Å². The van der Waals surface area contributed by atoms with Crippen LogP contribution in [0.5, 0.6) is 0 Å². The minimum Gasteiger partial charge on any atom is -0.397 e. The van der Waals surface area contributed by atoms with Gasteiger partial charge >= 0.3 is 5.88 Å². The molecule has 0 radical (unpaired) electrons. The highest BCUT2D eigenvalue weighted by Gasteiger charge is 2.22. The molecule has 3 N–H and O–H groups in total. The van der Waals surface area contributed by atoms with Crippen molar-refractivity contribution in [2.45, 2.75) is 19.9 Å². The largest absolute Gasteiger partial charge is 0.397 e. The highest BCUT2D eigenvalue weighted by molar-refractivity contribution is 7.21. The molecule has 0 aliphatic carbocycles. The van der Waals surface area contributed by atoms with E-state index in [0.717, 1.165) is 5.56 Å². The molecular formula is C19H17FN5O2S+. The zero-order chi connectivity index (χ0) is 19.8. The lowest BCUT2D eigenvalue weighted by Gasteiger charge is -2.01. The van der Waals surface area contributed by atoms with Gasteiger partial charge in [-0.05, 0) is 54.9 Å². The highest BCUT2D eigenvalue weighted by atomic mass is 32.1. The SMILES string of the molecule is CC(C)[n+]1cc(NC(=O)c2sc3nc(-c4ccc(F)cc4)ccc3c2N)on1. The molecule has 0 bridgehead atoms. The fourth-order valence-corrected chi connectivity index (χ4v) is 3.66. The van der Waals surface area contributed by atoms with Crippen LogP contribution < -0.4 is 15.7 Å². The number of pyridine rings is 1. The summed E-state index contributed by atoms with van der Waals surface area (Å²) in [6.07, 6.45) is 1.61. The van der Waals surface area contributed by atoms with Gasteiger partial charge in [-0.25, -0.2) is 9.37 Å². The van der Waals surface area contributed by atoms with Crippen LogP contribution in [-0.4, -0.2) is 16.2 Å². The number of anilines is 2. The maximum Gasteiger partial charge on any atom is 0.302 e. The summed E-state index contributed by atoms with van der Waals surface area (Å²) in [7, 11) is 0. The second-order valence-corrected chi connectivity index (χ2v) is 7.49. The predicted molar refractivity (Wildman–Crippen MR) is 104 cm³/mol. The number of nitrogens with zero attached hydrogens (tertiary/aromatic N) is 3. The Hall–Kier alpha value is -3.33. The van der Waals surface area contributed by atoms with Crippen LogP contribution in [0.3, 0.4) is 0 Å². The standard InChI is InChI=1S/C19H16FN5O2S/c1-10(2)25-9-15(27-24-25)23-18(26)17-16(21)13-7-8-14(22-19(13)28-17)11-3-5-12(20)6-4-11/h3-10H,1-2H3,(H2-,21,23,24,26)/p+1. The van der Waals surface area contributed by atoms with Gasteiger partial charge in [-0.15, -0.1) is 11.3 Å². The highest BCUT2D eigenvalue weighted by Crippen LogP contribution is 2.34. The molecule has 4 rings (SSSR count). The first-order valence-corrected chi connectivity index (χ1v) is 9.38. The quantitative estimate of drug-likeness (QED) is 0.510. The normalized spacial score (nSPS) is 11.3. The summed E-state index contributed by atoms with van der Waals surface area (Å²) in [6, 6.07) is 9.78. The Morgan fingerprint density at radius 2 is 2.00 bits per heavy atom. The van der Waals surface area contributed by atoms with E-state index < -0.39 is 5.91 Å². The number of aromatic nitrogens is 3. The summed E-state index contributed by atoms with van der Waals surface area (Å²) in [5.41, 5.74) is 7.97. The number of halogens is 1. The third-order valence-corrected chi connectivity index (χ3v) is 5.30. The summed E-state index contributed by atoms with van der Waals surface area (Å²) >= 11 is 1.19. The van der Waals surface area contributed by atoms with Crippen LogP contribution in [0.25, 0.3) is 21.5 Å². The average Bonchev–Trinajstić information content (AvgIpc) is 3.27. The predicted octanol–water partition coefficient (Wildman–Crippen LogP) is 3.79. The first kappa shape index (κ1) is 18.1. The average molecular weight is 398 g/mol. The number of carbonyl (C=O) groups excluding carboxylic acids is 1. The van der Waals surface area contributed by atoms with E-state index in [-0.39, 0.29) is 17.7 Å². The number of fused-ring (bicyclic) bond motifs is 1. The van der Waals surface area contributed by atoms with Crippen LogP contribution in [0.4, 0.5) is 16.0 Å². The molecule has 3 heterocycles. The van der Waals surface area contributed by atoms with Crippen molar-refractivity contribution in [2.75, 3.05) is 11.1 Å². The van der Waals surface area contributed by atoms with Gasteiger partial charge in [0.05, 0.1) is 11.4 Å². The van der Waals surface area contributed by atoms with Crippen molar-refractivity contribution in [3.63, 3.8) is 0 Å². The first-order valence-electron chi connectivity index (χ1n) is 8.57. The molecule has 0 saturated heterocycles. The van der Waals surface area contributed by atoms with E-state index in [0.29, 0.717) is 26.5 Å². The van der Waals surface area contributed by atoms with Crippen molar-refractivity contribution < 1.29 is 18.4 Å². The van der Waals surface area contributed by atoms with Crippen LogP contribution in [0.2, 0.25) is 0 Å². The second kappa shape index (κ2) is 7.01. The Morgan fingerprint density at radius 1 is 1.25 bits per heavy atom. The van der Waals surface area contributed by atoms with E-state index in [4.69, 9.17) is 10.3 Å². The van der Waals surface area contributed by atoms with Gasteiger partial charge in [0.25, 0.3) is 12.1 Å². The lowest BCUT2D eigenvalue weighted by Crippen LogP contribution is -2.36. The maximum atomic E-state index is 13.1. The number of carbonyl (C=O) groups is 1. The smallest absolute Gasteiger partial charge is 0.302 e. The Balaban J connectivity index is 1.64. The van der Waals surface area contributed by atoms with Gasteiger partial charge in [0.2, 0.25) is 5.27 Å². The van der Waals surface area contributed by atoms with Crippen LogP contribution in [-0.2, 0) is 0 Å². The molecule has 0 fully saturated rings. The van der Waals surface area contributed by atoms with Gasteiger partial charge in [0, 0.05) is 10.9 Å². The topological polar surface area (TPSA) is 97.9 Å². The van der Waals surface area contributed by atoms with Crippen molar-refractivity contribution in [3.05, 3.63) is 53.3 Å². The molecule has 0 aliphatic rings. The monoisotopic (exact) mass is 398 g/mol. The molecule has 0 unspecified atom stereocenters. The van der Waals surface area contributed by atoms with Crippen molar-refractivity contribution in [2.24, 2.45) is 0 Å². The summed E-state index contributed by atoms with van der Waals surface area (Å²) in [5, 5.41) is 7.19. The van der Waals surface area contributed by atoms with Crippen LogP contribution in [0.15, 0.2) is 47.1 Å². The maximum absolute atomic E-state index is 13.1. The van der Waals surface area contributed by atoms with Gasteiger partial charge < -0.3 is 5.73 Å². The molecule has 9 heteroatoms. The summed E-state index contributed by atoms with van der Waals surface area (Å²) in [6.45, 7) is 3.89. The molecule has 7 nitrogen and oxygen atoms in total. The number of benzene rings is 1. The van der Waals surface area contributed by atoms with Crippen molar-refractivity contribution in [1.82, 2.24) is 10.3 Å². The summed E-state index contributed by atoms with van der Waals surface area (Å²) in [4.78, 5) is 18.2. The Bertz CT molecular complexity index is 1170. The van der Waals surface area contributed by atoms with E-state index >= 15 is 0 Å². The molecule has 0 spiro atoms. The summed E-state index contributed by atoms with van der Waals surface area (Å²) < 4.78 is 19.8. The van der Waals surface area contributed by atoms with E-state index in [9.17, 15) is 9.18 Å². The number of rotatable bonds is 4. The zero-order valence-electron chi connectivity index (χ0n) is 15.1. The number of nitrogens with one attached hydrogen (secondary N) is 1. The Labute approximate surface area is 163 Å². The molecule has 4 aromatic rings. The lowest BCUT2D eigenvalue weighted by molar-refractivity contribution is -0.779. The molecular weight excluding hydrogens is 381 g/mol. The third kappa shape index (κ3) is 3.31. The fraction of sp³-hybridized carbons (Fsp3) is 0.158. The fourth-order valence-electron chi connectivity index (χ4n) is 2.67. The molecule has 1 amide bonds. The molecule has 0 saturated carbocycles. The number of thiophene rings is 1. The minimum absolute atomic E-state index is 0.109. The van der Waals surface area contributed by atoms with Gasteiger partial charge in [0.1, 0.15) is 15.5 Å². The number of hydrogen-bond donors (Lipinski definition) is 2. The number of nitrogen functional groups attached to an aromatic ring is 1. The molecule has 0 aliphatic heterocycles. The van der Waals surface area contributed by atoms with Crippen molar-refractivity contribution >= 4 is 39.0 Å². The van der Waals surface area contributed by atoms with Crippen LogP contribution in [0.1, 0.15) is 29.6 Å². The van der Waals surface area contributed by atoms with Gasteiger partial charge in [-0.3, -0.25) is 14.6 Å². The lowest BCUT2D eigenvalue weighted by atomic mass is 10.1. The first-order chi connectivity index (χ1) is 13.4. The number of hydrogen-bond acceptors (Lipinski definition) is 6. The van der Waals surface area contributed by atoms with E-state index in [2.05, 4.69) is 15.6 Å². The van der Waals surface area contributed by atoms with Crippen LogP contribution >= 0.6 is 11.3 Å². The summed E-state index contributed by atoms with van der Waals surface area (Å²) in [5.74, 6) is -0.471. The van der Waals surface area contributed by atoms with Gasteiger partial charge in [-0.1, -0.05) is 0 Å². The van der Waals surface area contributed by atoms with E-state index in [1.807, 2.05) is 19.9 Å². The third-order valence-electron chi connectivity index (χ3n) is 4.19. The van der Waals surface area contributed by atoms with Crippen molar-refractivity contribution in [3.8, 4) is 11.3 Å². The Morgan fingerprint density at radius 3 is 2.68 bits per heavy atom. The minimum atomic E-state index is -0.393. The van der Waals surface area contributed by atoms with Crippen molar-refractivity contribution in [1.29, 1.82) is 0 Å². The zero-order valence-corrected chi connectivity index (χ0v) is 16.0. The molecule has 0 atom stereocenters.